The maximum Gasteiger partial charge on any atom is 0.278 e. The van der Waals surface area contributed by atoms with Crippen molar-refractivity contribution in [3.63, 3.8) is 0 Å². The Morgan fingerprint density at radius 2 is 1.68 bits per heavy atom. The molecular formula is C18H16N2OS. The standard InChI is InChI=1S/C18H16N2OS/c1-14-17(19-13-22-14)18(21)20(16-10-6-3-7-11-16)12-15-8-4-2-5-9-15/h2-11,13H,12H2,1H3. The van der Waals surface area contributed by atoms with E-state index in [2.05, 4.69) is 4.98 Å². The second-order valence-electron chi connectivity index (χ2n) is 4.97. The molecule has 0 radical (unpaired) electrons. The number of aromatic nitrogens is 1. The number of para-hydroxylation sites is 1. The fourth-order valence-corrected chi connectivity index (χ4v) is 2.86. The van der Waals surface area contributed by atoms with Gasteiger partial charge in [0.25, 0.3) is 5.91 Å². The van der Waals surface area contributed by atoms with Crippen LogP contribution in [-0.2, 0) is 6.54 Å². The van der Waals surface area contributed by atoms with Gasteiger partial charge in [0.05, 0.1) is 12.1 Å². The van der Waals surface area contributed by atoms with Crippen LogP contribution in [0.25, 0.3) is 0 Å². The van der Waals surface area contributed by atoms with Crippen molar-refractivity contribution in [1.82, 2.24) is 4.98 Å². The third-order valence-corrected chi connectivity index (χ3v) is 4.20. The van der Waals surface area contributed by atoms with Gasteiger partial charge in [-0.3, -0.25) is 4.79 Å². The second-order valence-corrected chi connectivity index (χ2v) is 6.03. The summed E-state index contributed by atoms with van der Waals surface area (Å²) >= 11 is 1.49. The van der Waals surface area contributed by atoms with Crippen molar-refractivity contribution in [3.05, 3.63) is 82.3 Å². The van der Waals surface area contributed by atoms with Gasteiger partial charge in [-0.2, -0.15) is 0 Å². The predicted molar refractivity (Wildman–Crippen MR) is 90.2 cm³/mol. The number of carbonyl (C=O) groups is 1. The minimum absolute atomic E-state index is 0.0613. The van der Waals surface area contributed by atoms with E-state index in [9.17, 15) is 4.79 Å². The van der Waals surface area contributed by atoms with E-state index in [-0.39, 0.29) is 5.91 Å². The molecule has 0 atom stereocenters. The Bertz CT molecular complexity index is 753. The Labute approximate surface area is 133 Å². The first-order valence-corrected chi connectivity index (χ1v) is 7.94. The Morgan fingerprint density at radius 1 is 1.05 bits per heavy atom. The van der Waals surface area contributed by atoms with Crippen LogP contribution in [0.2, 0.25) is 0 Å². The number of anilines is 1. The minimum Gasteiger partial charge on any atom is -0.303 e. The average molecular weight is 308 g/mol. The molecule has 110 valence electrons. The summed E-state index contributed by atoms with van der Waals surface area (Å²) in [6, 6.07) is 19.7. The molecule has 2 aromatic carbocycles. The van der Waals surface area contributed by atoms with Gasteiger partial charge in [0.15, 0.2) is 0 Å². The van der Waals surface area contributed by atoms with E-state index in [4.69, 9.17) is 0 Å². The summed E-state index contributed by atoms with van der Waals surface area (Å²) in [5.41, 5.74) is 4.22. The van der Waals surface area contributed by atoms with Crippen molar-refractivity contribution in [2.24, 2.45) is 0 Å². The fraction of sp³-hybridized carbons (Fsp3) is 0.111. The van der Waals surface area contributed by atoms with Crippen LogP contribution in [0, 0.1) is 6.92 Å². The Kier molecular flexibility index (Phi) is 4.30. The highest BCUT2D eigenvalue weighted by atomic mass is 32.1. The number of aryl methyl sites for hydroxylation is 1. The number of benzene rings is 2. The van der Waals surface area contributed by atoms with Gasteiger partial charge < -0.3 is 4.90 Å². The Balaban J connectivity index is 1.96. The van der Waals surface area contributed by atoms with Gasteiger partial charge in [-0.1, -0.05) is 48.5 Å². The normalized spacial score (nSPS) is 10.4. The maximum atomic E-state index is 12.9. The summed E-state index contributed by atoms with van der Waals surface area (Å²) in [6.45, 7) is 2.46. The summed E-state index contributed by atoms with van der Waals surface area (Å²) in [5, 5.41) is 0. The molecule has 3 rings (SSSR count). The van der Waals surface area contributed by atoms with Crippen molar-refractivity contribution in [2.45, 2.75) is 13.5 Å². The second kappa shape index (κ2) is 6.54. The molecule has 1 heterocycles. The van der Waals surface area contributed by atoms with Gasteiger partial charge in [0.2, 0.25) is 0 Å². The van der Waals surface area contributed by atoms with E-state index in [1.165, 1.54) is 11.3 Å². The van der Waals surface area contributed by atoms with Crippen LogP contribution >= 0.6 is 11.3 Å². The maximum absolute atomic E-state index is 12.9. The third-order valence-electron chi connectivity index (χ3n) is 3.44. The van der Waals surface area contributed by atoms with Gasteiger partial charge in [0.1, 0.15) is 5.69 Å². The van der Waals surface area contributed by atoms with Crippen LogP contribution in [0.15, 0.2) is 66.2 Å². The number of amides is 1. The molecule has 4 heteroatoms. The van der Waals surface area contributed by atoms with E-state index in [0.29, 0.717) is 12.2 Å². The van der Waals surface area contributed by atoms with Crippen molar-refractivity contribution in [2.75, 3.05) is 4.90 Å². The van der Waals surface area contributed by atoms with E-state index in [1.54, 1.807) is 10.4 Å². The summed E-state index contributed by atoms with van der Waals surface area (Å²) in [7, 11) is 0. The lowest BCUT2D eigenvalue weighted by molar-refractivity contribution is 0.0980. The smallest absolute Gasteiger partial charge is 0.278 e. The van der Waals surface area contributed by atoms with Crippen LogP contribution in [0.4, 0.5) is 5.69 Å². The topological polar surface area (TPSA) is 33.2 Å². The number of hydrogen-bond donors (Lipinski definition) is 0. The highest BCUT2D eigenvalue weighted by molar-refractivity contribution is 7.09. The molecule has 0 aliphatic heterocycles. The van der Waals surface area contributed by atoms with Crippen LogP contribution in [0.3, 0.4) is 0 Å². The van der Waals surface area contributed by atoms with Gasteiger partial charge in [-0.15, -0.1) is 11.3 Å². The first-order chi connectivity index (χ1) is 10.8. The molecule has 1 aromatic heterocycles. The summed E-state index contributed by atoms with van der Waals surface area (Å²) in [5.74, 6) is -0.0613. The third kappa shape index (κ3) is 3.07. The molecule has 0 fully saturated rings. The molecule has 0 saturated heterocycles. The average Bonchev–Trinajstić information content (AvgIpc) is 3.00. The lowest BCUT2D eigenvalue weighted by atomic mass is 10.1. The van der Waals surface area contributed by atoms with E-state index in [0.717, 1.165) is 16.1 Å². The van der Waals surface area contributed by atoms with Crippen molar-refractivity contribution in [3.8, 4) is 0 Å². The molecule has 0 unspecified atom stereocenters. The number of hydrogen-bond acceptors (Lipinski definition) is 3. The molecular weight excluding hydrogens is 292 g/mol. The molecule has 0 aliphatic carbocycles. The van der Waals surface area contributed by atoms with Gasteiger partial charge in [0, 0.05) is 10.6 Å². The molecule has 0 N–H and O–H groups in total. The molecule has 3 aromatic rings. The van der Waals surface area contributed by atoms with Crippen LogP contribution in [0.5, 0.6) is 0 Å². The molecule has 0 aliphatic rings. The van der Waals surface area contributed by atoms with Crippen molar-refractivity contribution >= 4 is 22.9 Å². The zero-order chi connectivity index (χ0) is 15.4. The van der Waals surface area contributed by atoms with E-state index in [1.807, 2.05) is 67.6 Å². The first-order valence-electron chi connectivity index (χ1n) is 7.06. The predicted octanol–water partition coefficient (Wildman–Crippen LogP) is 4.30. The zero-order valence-electron chi connectivity index (χ0n) is 12.3. The summed E-state index contributed by atoms with van der Waals surface area (Å²) in [6.07, 6.45) is 0. The highest BCUT2D eigenvalue weighted by Crippen LogP contribution is 2.22. The highest BCUT2D eigenvalue weighted by Gasteiger charge is 2.21. The molecule has 1 amide bonds. The fourth-order valence-electron chi connectivity index (χ4n) is 2.29. The monoisotopic (exact) mass is 308 g/mol. The van der Waals surface area contributed by atoms with Crippen LogP contribution in [-0.4, -0.2) is 10.9 Å². The lowest BCUT2D eigenvalue weighted by Crippen LogP contribution is -2.31. The van der Waals surface area contributed by atoms with Gasteiger partial charge in [-0.05, 0) is 24.6 Å². The molecule has 0 bridgehead atoms. The van der Waals surface area contributed by atoms with E-state index >= 15 is 0 Å². The Hall–Kier alpha value is -2.46. The van der Waals surface area contributed by atoms with E-state index < -0.39 is 0 Å². The molecule has 0 spiro atoms. The first kappa shape index (κ1) is 14.5. The largest absolute Gasteiger partial charge is 0.303 e. The van der Waals surface area contributed by atoms with Crippen LogP contribution in [0.1, 0.15) is 20.9 Å². The quantitative estimate of drug-likeness (QED) is 0.720. The summed E-state index contributed by atoms with van der Waals surface area (Å²) in [4.78, 5) is 19.9. The van der Waals surface area contributed by atoms with Gasteiger partial charge in [-0.25, -0.2) is 4.98 Å². The van der Waals surface area contributed by atoms with Crippen LogP contribution < -0.4 is 4.90 Å². The molecule has 22 heavy (non-hydrogen) atoms. The number of carbonyl (C=O) groups excluding carboxylic acids is 1. The number of nitrogens with zero attached hydrogens (tertiary/aromatic N) is 2. The van der Waals surface area contributed by atoms with Crippen molar-refractivity contribution < 1.29 is 4.79 Å². The Morgan fingerprint density at radius 3 is 2.27 bits per heavy atom. The number of rotatable bonds is 4. The molecule has 0 saturated carbocycles. The number of thiazole rings is 1. The SMILES string of the molecule is Cc1scnc1C(=O)N(Cc1ccccc1)c1ccccc1. The lowest BCUT2D eigenvalue weighted by Gasteiger charge is -2.22. The zero-order valence-corrected chi connectivity index (χ0v) is 13.1. The minimum atomic E-state index is -0.0613. The summed E-state index contributed by atoms with van der Waals surface area (Å²) < 4.78 is 0. The molecule has 3 nitrogen and oxygen atoms in total. The van der Waals surface area contributed by atoms with Gasteiger partial charge >= 0.3 is 0 Å². The van der Waals surface area contributed by atoms with Crippen molar-refractivity contribution in [1.29, 1.82) is 0 Å².